The van der Waals surface area contributed by atoms with Crippen LogP contribution in [-0.4, -0.2) is 80.3 Å². The third-order valence-corrected chi connectivity index (χ3v) is 119. The Morgan fingerprint density at radius 1 is 0.583 bits per heavy atom. The molecule has 0 aromatic rings. The van der Waals surface area contributed by atoms with Gasteiger partial charge in [0.25, 0.3) is 0 Å². The van der Waals surface area contributed by atoms with Crippen LogP contribution in [0.3, 0.4) is 0 Å². The van der Waals surface area contributed by atoms with E-state index in [1.54, 1.807) is 0 Å². The van der Waals surface area contributed by atoms with E-state index in [0.717, 1.165) is 43.6 Å². The Hall–Kier alpha value is 0.924. The van der Waals surface area contributed by atoms with Crippen molar-refractivity contribution in [2.75, 3.05) is 39.5 Å². The number of rotatable bonds is 4. The molecule has 0 aromatic carbocycles. The van der Waals surface area contributed by atoms with Gasteiger partial charge in [-0.05, 0) is 0 Å². The second-order valence-electron chi connectivity index (χ2n) is 11.3. The van der Waals surface area contributed by atoms with Gasteiger partial charge < -0.3 is 0 Å². The van der Waals surface area contributed by atoms with Gasteiger partial charge in [-0.25, -0.2) is 0 Å². The van der Waals surface area contributed by atoms with Gasteiger partial charge in [0, 0.05) is 0 Å². The van der Waals surface area contributed by atoms with Gasteiger partial charge in [0.05, 0.1) is 0 Å². The summed E-state index contributed by atoms with van der Waals surface area (Å²) in [5.41, 5.74) is 0. The predicted molar refractivity (Wildman–Crippen MR) is 114 cm³/mol. The minimum atomic E-state index is -3.41. The molecule has 0 radical (unpaired) electrons. The van der Waals surface area contributed by atoms with Crippen LogP contribution in [-0.2, 0) is 13.3 Å². The van der Waals surface area contributed by atoms with Crippen LogP contribution in [0.5, 0.6) is 0 Å². The van der Waals surface area contributed by atoms with Gasteiger partial charge in [-0.3, -0.25) is 0 Å². The zero-order valence-electron chi connectivity index (χ0n) is 17.4. The Bertz CT molecular complexity index is 481. The van der Waals surface area contributed by atoms with Crippen LogP contribution >= 0.6 is 0 Å². The van der Waals surface area contributed by atoms with Gasteiger partial charge in [0.2, 0.25) is 0 Å². The summed E-state index contributed by atoms with van der Waals surface area (Å²) in [6.45, 7) is 29.9. The molecule has 0 unspecified atom stereocenters. The van der Waals surface area contributed by atoms with Crippen molar-refractivity contribution in [3.8, 4) is 0 Å². The summed E-state index contributed by atoms with van der Waals surface area (Å²) in [5.74, 6) is 0. The normalized spacial score (nSPS) is 34.5. The van der Waals surface area contributed by atoms with Crippen LogP contribution < -0.4 is 0 Å². The Labute approximate surface area is 152 Å². The first kappa shape index (κ1) is 19.7. The molecular weight excluding hydrogens is 383 g/mol. The first-order chi connectivity index (χ1) is 10.7. The summed E-state index contributed by atoms with van der Waals surface area (Å²) in [6.07, 6.45) is -1.90. The molecule has 3 fully saturated rings. The van der Waals surface area contributed by atoms with Crippen molar-refractivity contribution in [1.29, 1.82) is 0 Å². The average molecular weight is 422 g/mol. The van der Waals surface area contributed by atoms with E-state index < -0.39 is 36.7 Å². The monoisotopic (exact) mass is 421 g/mol. The molecule has 3 aliphatic heterocycles. The van der Waals surface area contributed by atoms with Crippen molar-refractivity contribution in [1.82, 2.24) is 0 Å². The molecule has 142 valence electrons. The minimum absolute atomic E-state index is 0.877. The molecule has 9 heteroatoms. The quantitative estimate of drug-likeness (QED) is 0.653. The first-order valence-electron chi connectivity index (χ1n) is 9.65. The van der Waals surface area contributed by atoms with Crippen molar-refractivity contribution >= 4 is 36.7 Å². The van der Waals surface area contributed by atoms with E-state index in [-0.39, 0.29) is 0 Å². The van der Waals surface area contributed by atoms with Gasteiger partial charge in [-0.1, -0.05) is 0 Å². The molecule has 3 aliphatic rings. The Balaban J connectivity index is 2.48. The van der Waals surface area contributed by atoms with E-state index >= 15 is 0 Å². The fourth-order valence-electron chi connectivity index (χ4n) is 8.59. The molecule has 0 aliphatic carbocycles. The second kappa shape index (κ2) is 5.04. The van der Waals surface area contributed by atoms with Gasteiger partial charge in [0.1, 0.15) is 0 Å². The number of hydrogen-bond donors (Lipinski definition) is 0. The summed E-state index contributed by atoms with van der Waals surface area (Å²) in [6, 6.07) is 0. The number of hydrogen-bond acceptors (Lipinski definition) is 3. The first-order valence-corrected chi connectivity index (χ1v) is 28.3. The van der Waals surface area contributed by atoms with Gasteiger partial charge in [-0.2, -0.15) is 0 Å². The van der Waals surface area contributed by atoms with Gasteiger partial charge in [0.15, 0.2) is 0 Å². The molecule has 3 heterocycles. The maximum absolute atomic E-state index is 7.06. The van der Waals surface area contributed by atoms with Crippen LogP contribution in [0.4, 0.5) is 0 Å². The molecule has 0 atom stereocenters. The fraction of sp³-hybridized carbons (Fsp3) is 1.00. The summed E-state index contributed by atoms with van der Waals surface area (Å²) < 4.78 is 22.3. The zero-order chi connectivity index (χ0) is 18.3. The molecule has 0 bridgehead atoms. The van der Waals surface area contributed by atoms with E-state index in [1.165, 1.54) is 0 Å². The number of nitrogens with zero attached hydrogens (tertiary/aromatic N) is 1. The Kier molecular flexibility index (Phi) is 4.14. The van der Waals surface area contributed by atoms with Crippen molar-refractivity contribution in [2.45, 2.75) is 58.9 Å². The molecule has 0 spiro atoms. The zero-order valence-corrected chi connectivity index (χ0v) is 22.4. The molecule has 0 saturated carbocycles. The van der Waals surface area contributed by atoms with Crippen LogP contribution in [0.25, 0.3) is 0 Å². The van der Waals surface area contributed by atoms with E-state index in [0.29, 0.717) is 0 Å². The topological polar surface area (TPSA) is 27.7 Å². The Morgan fingerprint density at radius 2 is 0.875 bits per heavy atom. The van der Waals surface area contributed by atoms with Crippen LogP contribution in [0.1, 0.15) is 0 Å². The van der Waals surface area contributed by atoms with E-state index in [1.807, 2.05) is 0 Å². The number of quaternary nitrogens is 1. The molecule has 0 N–H and O–H groups in total. The second-order valence-corrected chi connectivity index (χ2v) is 64.0. The SMILES string of the molecule is C[Si](C)(C)[Si]([Si](C)(C)C)([Si](C)(C)C)[Si-]123OCC[N+]1(CCO2)CCO3. The van der Waals surface area contributed by atoms with Crippen LogP contribution in [0, 0.1) is 0 Å². The maximum atomic E-state index is 7.06. The predicted octanol–water partition coefficient (Wildman–Crippen LogP) is 3.06. The van der Waals surface area contributed by atoms with Crippen LogP contribution in [0.15, 0.2) is 0 Å². The fourth-order valence-corrected chi connectivity index (χ4v) is 169. The van der Waals surface area contributed by atoms with E-state index in [9.17, 15) is 0 Å². The van der Waals surface area contributed by atoms with Crippen molar-refractivity contribution in [3.05, 3.63) is 0 Å². The molecule has 3 rings (SSSR count). The molecule has 4 nitrogen and oxygen atoms in total. The van der Waals surface area contributed by atoms with Crippen molar-refractivity contribution < 1.29 is 17.4 Å². The van der Waals surface area contributed by atoms with Crippen LogP contribution in [0.2, 0.25) is 58.9 Å². The van der Waals surface area contributed by atoms with E-state index in [4.69, 9.17) is 13.3 Å². The van der Waals surface area contributed by atoms with Gasteiger partial charge >= 0.3 is 152 Å². The molecule has 24 heavy (non-hydrogen) atoms. The van der Waals surface area contributed by atoms with E-state index in [2.05, 4.69) is 58.9 Å². The summed E-state index contributed by atoms with van der Waals surface area (Å²) >= 11 is 0. The summed E-state index contributed by atoms with van der Waals surface area (Å²) in [4.78, 5) is 0. The molecule has 0 amide bonds. The average Bonchev–Trinajstić information content (AvgIpc) is 2.81. The molecular formula is C15H39NO3Si5. The summed E-state index contributed by atoms with van der Waals surface area (Å²) in [7, 11) is -8.00. The third-order valence-electron chi connectivity index (χ3n) is 7.45. The molecule has 0 aromatic heterocycles. The summed E-state index contributed by atoms with van der Waals surface area (Å²) in [5, 5.41) is 0. The standard InChI is InChI=1S/C15H39NO3Si5/c1-20(2,3)23(21(4,5)6,22(7,8)9)24-16(10-13-17-24,11-14-18-24)12-15-19-24/h10-15H2,1-9H3. The van der Waals surface area contributed by atoms with Gasteiger partial charge in [-0.15, -0.1) is 0 Å². The Morgan fingerprint density at radius 3 is 1.12 bits per heavy atom. The van der Waals surface area contributed by atoms with Crippen molar-refractivity contribution in [3.63, 3.8) is 0 Å². The molecule has 3 saturated heterocycles. The van der Waals surface area contributed by atoms with Crippen molar-refractivity contribution in [2.24, 2.45) is 0 Å². The third kappa shape index (κ3) is 1.77.